The van der Waals surface area contributed by atoms with Crippen LogP contribution in [-0.4, -0.2) is 22.6 Å². The molecule has 78 valence electrons. The van der Waals surface area contributed by atoms with Crippen molar-refractivity contribution in [1.82, 2.24) is 10.3 Å². The Bertz CT molecular complexity index is 308. The number of aromatic nitrogens is 1. The zero-order chi connectivity index (χ0) is 10.4. The van der Waals surface area contributed by atoms with Crippen molar-refractivity contribution in [2.24, 2.45) is 10.9 Å². The van der Waals surface area contributed by atoms with Crippen LogP contribution < -0.4 is 11.1 Å². The highest BCUT2D eigenvalue weighted by Crippen LogP contribution is 2.00. The molecule has 0 spiro atoms. The van der Waals surface area contributed by atoms with E-state index in [1.165, 1.54) is 0 Å². The van der Waals surface area contributed by atoms with Crippen LogP contribution in [0.15, 0.2) is 15.8 Å². The van der Waals surface area contributed by atoms with Crippen LogP contribution in [0, 0.1) is 6.92 Å². The zero-order valence-electron chi connectivity index (χ0n) is 8.03. The smallest absolute Gasteiger partial charge is 0.208 e. The second kappa shape index (κ2) is 5.23. The molecule has 0 fully saturated rings. The van der Waals surface area contributed by atoms with Crippen LogP contribution in [0.3, 0.4) is 0 Å². The lowest BCUT2D eigenvalue weighted by molar-refractivity contribution is 0.316. The standard InChI is InChI=1S/C8H14N4O2/c1-6-4-11-8(14-6)5-10-3-2-7(9)12-13/h4,10,13H,2-3,5H2,1H3,(H2,9,12). The number of nitrogens with zero attached hydrogens (tertiary/aromatic N) is 2. The summed E-state index contributed by atoms with van der Waals surface area (Å²) in [6.45, 7) is 3.01. The Labute approximate surface area is 81.8 Å². The molecule has 0 amide bonds. The minimum absolute atomic E-state index is 0.209. The summed E-state index contributed by atoms with van der Waals surface area (Å²) < 4.78 is 5.23. The van der Waals surface area contributed by atoms with E-state index in [0.717, 1.165) is 5.76 Å². The van der Waals surface area contributed by atoms with Crippen LogP contribution in [-0.2, 0) is 6.54 Å². The summed E-state index contributed by atoms with van der Waals surface area (Å²) in [4.78, 5) is 4.01. The number of oxazole rings is 1. The molecule has 0 unspecified atom stereocenters. The molecule has 4 N–H and O–H groups in total. The van der Waals surface area contributed by atoms with Crippen LogP contribution in [0.5, 0.6) is 0 Å². The Morgan fingerprint density at radius 1 is 1.79 bits per heavy atom. The maximum atomic E-state index is 8.26. The normalized spacial score (nSPS) is 11.9. The second-order valence-corrected chi connectivity index (χ2v) is 2.88. The highest BCUT2D eigenvalue weighted by molar-refractivity contribution is 5.79. The molecule has 1 rings (SSSR count). The van der Waals surface area contributed by atoms with Crippen LogP contribution in [0.2, 0.25) is 0 Å². The van der Waals surface area contributed by atoms with Gasteiger partial charge in [-0.05, 0) is 6.92 Å². The number of hydrogen-bond donors (Lipinski definition) is 3. The summed E-state index contributed by atoms with van der Waals surface area (Å²) in [6, 6.07) is 0. The van der Waals surface area contributed by atoms with E-state index in [4.69, 9.17) is 15.4 Å². The summed E-state index contributed by atoms with van der Waals surface area (Å²) in [5.41, 5.74) is 5.28. The van der Waals surface area contributed by atoms with Crippen molar-refractivity contribution >= 4 is 5.84 Å². The van der Waals surface area contributed by atoms with Gasteiger partial charge in [0.1, 0.15) is 11.6 Å². The first-order valence-electron chi connectivity index (χ1n) is 4.31. The van der Waals surface area contributed by atoms with Crippen LogP contribution >= 0.6 is 0 Å². The molecule has 0 aliphatic carbocycles. The molecule has 6 nitrogen and oxygen atoms in total. The number of nitrogens with two attached hydrogens (primary N) is 1. The number of aryl methyl sites for hydroxylation is 1. The Hall–Kier alpha value is -1.56. The summed E-state index contributed by atoms with van der Waals surface area (Å²) in [5.74, 6) is 1.64. The monoisotopic (exact) mass is 198 g/mol. The lowest BCUT2D eigenvalue weighted by Gasteiger charge is -2.00. The SMILES string of the molecule is Cc1cnc(CNCCC(N)=NO)o1. The summed E-state index contributed by atoms with van der Waals surface area (Å²) >= 11 is 0. The molecule has 6 heteroatoms. The average molecular weight is 198 g/mol. The number of rotatable bonds is 5. The molecule has 0 radical (unpaired) electrons. The molecule has 0 aliphatic heterocycles. The van der Waals surface area contributed by atoms with Crippen molar-refractivity contribution in [1.29, 1.82) is 0 Å². The quantitative estimate of drug-likeness (QED) is 0.206. The fourth-order valence-electron chi connectivity index (χ4n) is 0.945. The van der Waals surface area contributed by atoms with E-state index in [1.807, 2.05) is 6.92 Å². The molecule has 0 saturated carbocycles. The molecule has 14 heavy (non-hydrogen) atoms. The largest absolute Gasteiger partial charge is 0.445 e. The highest BCUT2D eigenvalue weighted by Gasteiger charge is 1.99. The van der Waals surface area contributed by atoms with Gasteiger partial charge in [-0.15, -0.1) is 0 Å². The van der Waals surface area contributed by atoms with E-state index in [9.17, 15) is 0 Å². The highest BCUT2D eigenvalue weighted by atomic mass is 16.4. The predicted molar refractivity (Wildman–Crippen MR) is 51.0 cm³/mol. The van der Waals surface area contributed by atoms with Gasteiger partial charge in [0.15, 0.2) is 0 Å². The van der Waals surface area contributed by atoms with Crippen molar-refractivity contribution in [2.75, 3.05) is 6.54 Å². The Balaban J connectivity index is 2.16. The third kappa shape index (κ3) is 3.44. The molecule has 0 saturated heterocycles. The lowest BCUT2D eigenvalue weighted by Crippen LogP contribution is -2.22. The third-order valence-corrected chi connectivity index (χ3v) is 1.63. The van der Waals surface area contributed by atoms with Crippen molar-refractivity contribution < 1.29 is 9.62 Å². The van der Waals surface area contributed by atoms with Gasteiger partial charge in [0, 0.05) is 13.0 Å². The van der Waals surface area contributed by atoms with Gasteiger partial charge in [-0.25, -0.2) is 4.98 Å². The lowest BCUT2D eigenvalue weighted by atomic mass is 10.4. The van der Waals surface area contributed by atoms with E-state index in [1.54, 1.807) is 6.20 Å². The van der Waals surface area contributed by atoms with Gasteiger partial charge in [0.05, 0.1) is 12.7 Å². The molecular weight excluding hydrogens is 184 g/mol. The van der Waals surface area contributed by atoms with Gasteiger partial charge in [0.25, 0.3) is 0 Å². The molecular formula is C8H14N4O2. The Morgan fingerprint density at radius 2 is 2.57 bits per heavy atom. The van der Waals surface area contributed by atoms with E-state index in [-0.39, 0.29) is 5.84 Å². The van der Waals surface area contributed by atoms with Crippen molar-refractivity contribution in [3.8, 4) is 0 Å². The Morgan fingerprint density at radius 3 is 3.14 bits per heavy atom. The number of hydrogen-bond acceptors (Lipinski definition) is 5. The average Bonchev–Trinajstić information content (AvgIpc) is 2.58. The van der Waals surface area contributed by atoms with E-state index in [0.29, 0.717) is 25.4 Å². The van der Waals surface area contributed by atoms with E-state index >= 15 is 0 Å². The Kier molecular flexibility index (Phi) is 3.93. The number of nitrogens with one attached hydrogen (secondary N) is 1. The van der Waals surface area contributed by atoms with Gasteiger partial charge in [-0.1, -0.05) is 5.16 Å². The minimum Gasteiger partial charge on any atom is -0.445 e. The fraction of sp³-hybridized carbons (Fsp3) is 0.500. The topological polar surface area (TPSA) is 96.7 Å². The second-order valence-electron chi connectivity index (χ2n) is 2.88. The van der Waals surface area contributed by atoms with Crippen molar-refractivity contribution in [3.63, 3.8) is 0 Å². The van der Waals surface area contributed by atoms with Gasteiger partial charge < -0.3 is 20.7 Å². The van der Waals surface area contributed by atoms with E-state index in [2.05, 4.69) is 15.5 Å². The summed E-state index contributed by atoms with van der Waals surface area (Å²) in [7, 11) is 0. The first-order chi connectivity index (χ1) is 6.72. The summed E-state index contributed by atoms with van der Waals surface area (Å²) in [5, 5.41) is 14.2. The molecule has 1 aromatic rings. The van der Waals surface area contributed by atoms with Crippen LogP contribution in [0.4, 0.5) is 0 Å². The third-order valence-electron chi connectivity index (χ3n) is 1.63. The number of amidine groups is 1. The van der Waals surface area contributed by atoms with Gasteiger partial charge >= 0.3 is 0 Å². The predicted octanol–water partition coefficient (Wildman–Crippen LogP) is 0.209. The zero-order valence-corrected chi connectivity index (χ0v) is 8.03. The maximum absolute atomic E-state index is 8.26. The molecule has 0 aromatic carbocycles. The van der Waals surface area contributed by atoms with Crippen molar-refractivity contribution in [3.05, 3.63) is 17.8 Å². The van der Waals surface area contributed by atoms with Crippen LogP contribution in [0.25, 0.3) is 0 Å². The first kappa shape index (κ1) is 10.5. The first-order valence-corrected chi connectivity index (χ1v) is 4.31. The van der Waals surface area contributed by atoms with Crippen molar-refractivity contribution in [2.45, 2.75) is 19.9 Å². The van der Waals surface area contributed by atoms with E-state index < -0.39 is 0 Å². The van der Waals surface area contributed by atoms with Crippen LogP contribution in [0.1, 0.15) is 18.1 Å². The molecule has 0 aliphatic rings. The minimum atomic E-state index is 0.209. The van der Waals surface area contributed by atoms with Gasteiger partial charge in [0.2, 0.25) is 5.89 Å². The van der Waals surface area contributed by atoms with Gasteiger partial charge in [-0.3, -0.25) is 0 Å². The van der Waals surface area contributed by atoms with Gasteiger partial charge in [-0.2, -0.15) is 0 Å². The molecule has 0 atom stereocenters. The maximum Gasteiger partial charge on any atom is 0.208 e. The molecule has 0 bridgehead atoms. The molecule has 1 heterocycles. The summed E-state index contributed by atoms with van der Waals surface area (Å²) in [6.07, 6.45) is 2.16. The number of oxime groups is 1. The fourth-order valence-corrected chi connectivity index (χ4v) is 0.945. The molecule has 1 aromatic heterocycles.